The molecule has 1 aliphatic rings. The lowest BCUT2D eigenvalue weighted by Gasteiger charge is -2.30. The highest BCUT2D eigenvalue weighted by atomic mass is 16.5. The third-order valence-electron chi connectivity index (χ3n) is 4.27. The lowest BCUT2D eigenvalue weighted by molar-refractivity contribution is 0.102. The molecular weight excluding hydrogens is 320 g/mol. The fourth-order valence-electron chi connectivity index (χ4n) is 3.05. The molecule has 7 heteroatoms. The molecule has 3 aromatic rings. The second-order valence-electron chi connectivity index (χ2n) is 5.91. The average Bonchev–Trinajstić information content (AvgIpc) is 3.02. The molecule has 0 saturated carbocycles. The van der Waals surface area contributed by atoms with Crippen LogP contribution < -0.4 is 15.9 Å². The van der Waals surface area contributed by atoms with Crippen LogP contribution in [0.3, 0.4) is 0 Å². The molecule has 2 heterocycles. The number of imidazole rings is 1. The summed E-state index contributed by atoms with van der Waals surface area (Å²) in [4.78, 5) is 31.6. The van der Waals surface area contributed by atoms with E-state index in [1.807, 2.05) is 24.3 Å². The summed E-state index contributed by atoms with van der Waals surface area (Å²) in [5, 5.41) is 2.91. The molecule has 3 N–H and O–H groups in total. The lowest BCUT2D eigenvalue weighted by Crippen LogP contribution is -2.37. The number of carbonyl (C=O) groups is 1. The Hall–Kier alpha value is -3.06. The standard InChI is InChI=1S/C18H18N4O3/c23-17(19-12-5-6-14-15(11-12)21-18(24)20-14)13-3-1-2-4-16(13)22-7-9-25-10-8-22/h1-6,11H,7-10H2,(H,19,23)(H2,20,21,24). The molecule has 0 unspecified atom stereocenters. The van der Waals surface area contributed by atoms with Gasteiger partial charge in [0.1, 0.15) is 0 Å². The van der Waals surface area contributed by atoms with Crippen LogP contribution in [0.1, 0.15) is 10.4 Å². The number of aromatic amines is 2. The smallest absolute Gasteiger partial charge is 0.323 e. The molecular formula is C18H18N4O3. The summed E-state index contributed by atoms with van der Waals surface area (Å²) in [6, 6.07) is 12.8. The topological polar surface area (TPSA) is 90.2 Å². The van der Waals surface area contributed by atoms with Gasteiger partial charge in [-0.25, -0.2) is 4.79 Å². The second kappa shape index (κ2) is 6.45. The van der Waals surface area contributed by atoms with E-state index in [1.165, 1.54) is 0 Å². The minimum absolute atomic E-state index is 0.181. The van der Waals surface area contributed by atoms with Crippen LogP contribution in [0.5, 0.6) is 0 Å². The molecule has 4 rings (SSSR count). The highest BCUT2D eigenvalue weighted by Gasteiger charge is 2.18. The number of morpholine rings is 1. The number of rotatable bonds is 3. The molecule has 0 bridgehead atoms. The van der Waals surface area contributed by atoms with Crippen molar-refractivity contribution in [2.75, 3.05) is 36.5 Å². The summed E-state index contributed by atoms with van der Waals surface area (Å²) in [6.07, 6.45) is 0. The van der Waals surface area contributed by atoms with E-state index in [0.717, 1.165) is 18.8 Å². The van der Waals surface area contributed by atoms with Gasteiger partial charge in [0.2, 0.25) is 0 Å². The van der Waals surface area contributed by atoms with Gasteiger partial charge in [-0.1, -0.05) is 12.1 Å². The minimum Gasteiger partial charge on any atom is -0.378 e. The van der Waals surface area contributed by atoms with Gasteiger partial charge in [-0.2, -0.15) is 0 Å². The van der Waals surface area contributed by atoms with E-state index in [2.05, 4.69) is 20.2 Å². The minimum atomic E-state index is -0.267. The predicted octanol–water partition coefficient (Wildman–Crippen LogP) is 1.95. The van der Waals surface area contributed by atoms with Gasteiger partial charge in [0, 0.05) is 24.5 Å². The zero-order valence-electron chi connectivity index (χ0n) is 13.5. The van der Waals surface area contributed by atoms with Crippen molar-refractivity contribution in [2.24, 2.45) is 0 Å². The summed E-state index contributed by atoms with van der Waals surface area (Å²) in [6.45, 7) is 2.85. The van der Waals surface area contributed by atoms with Crippen molar-refractivity contribution in [2.45, 2.75) is 0 Å². The Kier molecular flexibility index (Phi) is 3.99. The third kappa shape index (κ3) is 3.14. The number of nitrogens with zero attached hydrogens (tertiary/aromatic N) is 1. The first-order chi connectivity index (χ1) is 12.2. The number of amides is 1. The average molecular weight is 338 g/mol. The Morgan fingerprint density at radius 2 is 1.80 bits per heavy atom. The zero-order chi connectivity index (χ0) is 17.2. The number of carbonyl (C=O) groups excluding carboxylic acids is 1. The van der Waals surface area contributed by atoms with E-state index in [-0.39, 0.29) is 11.6 Å². The van der Waals surface area contributed by atoms with E-state index in [9.17, 15) is 9.59 Å². The number of benzene rings is 2. The normalized spacial score (nSPS) is 14.6. The fourth-order valence-corrected chi connectivity index (χ4v) is 3.05. The highest BCUT2D eigenvalue weighted by Crippen LogP contribution is 2.23. The zero-order valence-corrected chi connectivity index (χ0v) is 13.5. The molecule has 128 valence electrons. The van der Waals surface area contributed by atoms with Crippen molar-refractivity contribution < 1.29 is 9.53 Å². The summed E-state index contributed by atoms with van der Waals surface area (Å²) in [7, 11) is 0. The van der Waals surface area contributed by atoms with Crippen LogP contribution in [-0.2, 0) is 4.74 Å². The number of para-hydroxylation sites is 1. The van der Waals surface area contributed by atoms with Gasteiger partial charge < -0.3 is 24.9 Å². The van der Waals surface area contributed by atoms with Crippen LogP contribution in [0.15, 0.2) is 47.3 Å². The number of nitrogens with one attached hydrogen (secondary N) is 3. The number of H-pyrrole nitrogens is 2. The number of fused-ring (bicyclic) bond motifs is 1. The van der Waals surface area contributed by atoms with Gasteiger partial charge in [0.15, 0.2) is 0 Å². The maximum absolute atomic E-state index is 12.8. The SMILES string of the molecule is O=C(Nc1ccc2[nH]c(=O)[nH]c2c1)c1ccccc1N1CCOCC1. The maximum atomic E-state index is 12.8. The second-order valence-corrected chi connectivity index (χ2v) is 5.91. The molecule has 0 spiro atoms. The molecule has 0 radical (unpaired) electrons. The Morgan fingerprint density at radius 1 is 1.04 bits per heavy atom. The van der Waals surface area contributed by atoms with Crippen molar-refractivity contribution in [3.05, 3.63) is 58.5 Å². The van der Waals surface area contributed by atoms with Gasteiger partial charge in [0.05, 0.1) is 29.8 Å². The fraction of sp³-hybridized carbons (Fsp3) is 0.222. The van der Waals surface area contributed by atoms with Crippen LogP contribution in [0.2, 0.25) is 0 Å². The summed E-state index contributed by atoms with van der Waals surface area (Å²) in [5.74, 6) is -0.181. The predicted molar refractivity (Wildman–Crippen MR) is 96.3 cm³/mol. The van der Waals surface area contributed by atoms with E-state index >= 15 is 0 Å². The van der Waals surface area contributed by atoms with E-state index < -0.39 is 0 Å². The first-order valence-electron chi connectivity index (χ1n) is 8.16. The quantitative estimate of drug-likeness (QED) is 0.681. The van der Waals surface area contributed by atoms with Gasteiger partial charge >= 0.3 is 5.69 Å². The monoisotopic (exact) mass is 338 g/mol. The van der Waals surface area contributed by atoms with Gasteiger partial charge in [-0.15, -0.1) is 0 Å². The summed E-state index contributed by atoms with van der Waals surface area (Å²) >= 11 is 0. The highest BCUT2D eigenvalue weighted by molar-refractivity contribution is 6.08. The van der Waals surface area contributed by atoms with Crippen molar-refractivity contribution in [3.8, 4) is 0 Å². The molecule has 2 aromatic carbocycles. The molecule has 1 saturated heterocycles. The molecule has 1 aromatic heterocycles. The van der Waals surface area contributed by atoms with Crippen molar-refractivity contribution in [1.82, 2.24) is 9.97 Å². The lowest BCUT2D eigenvalue weighted by atomic mass is 10.1. The summed E-state index contributed by atoms with van der Waals surface area (Å²) < 4.78 is 5.39. The number of anilines is 2. The number of hydrogen-bond acceptors (Lipinski definition) is 4. The molecule has 0 atom stereocenters. The number of aromatic nitrogens is 2. The first-order valence-corrected chi connectivity index (χ1v) is 8.16. The van der Waals surface area contributed by atoms with Gasteiger partial charge in [-0.05, 0) is 30.3 Å². The largest absolute Gasteiger partial charge is 0.378 e. The molecule has 1 fully saturated rings. The number of ether oxygens (including phenoxy) is 1. The van der Waals surface area contributed by atoms with Crippen molar-refractivity contribution in [1.29, 1.82) is 0 Å². The van der Waals surface area contributed by atoms with Crippen LogP contribution in [0.25, 0.3) is 11.0 Å². The van der Waals surface area contributed by atoms with Crippen molar-refractivity contribution >= 4 is 28.3 Å². The van der Waals surface area contributed by atoms with Crippen LogP contribution in [-0.4, -0.2) is 42.2 Å². The molecule has 25 heavy (non-hydrogen) atoms. The van der Waals surface area contributed by atoms with Gasteiger partial charge in [0.25, 0.3) is 5.91 Å². The van der Waals surface area contributed by atoms with E-state index in [4.69, 9.17) is 4.74 Å². The molecule has 0 aliphatic carbocycles. The van der Waals surface area contributed by atoms with Crippen molar-refractivity contribution in [3.63, 3.8) is 0 Å². The Bertz CT molecular complexity index is 970. The molecule has 1 aliphatic heterocycles. The van der Waals surface area contributed by atoms with Crippen LogP contribution >= 0.6 is 0 Å². The third-order valence-corrected chi connectivity index (χ3v) is 4.27. The number of hydrogen-bond donors (Lipinski definition) is 3. The Labute approximate surface area is 143 Å². The Morgan fingerprint density at radius 3 is 2.64 bits per heavy atom. The first kappa shape index (κ1) is 15.5. The van der Waals surface area contributed by atoms with E-state index in [1.54, 1.807) is 18.2 Å². The molecule has 7 nitrogen and oxygen atoms in total. The van der Waals surface area contributed by atoms with Crippen LogP contribution in [0.4, 0.5) is 11.4 Å². The van der Waals surface area contributed by atoms with Crippen LogP contribution in [0, 0.1) is 0 Å². The van der Waals surface area contributed by atoms with Gasteiger partial charge in [-0.3, -0.25) is 4.79 Å². The molecule has 1 amide bonds. The summed E-state index contributed by atoms with van der Waals surface area (Å²) in [5.41, 5.74) is 3.24. The Balaban J connectivity index is 1.60. The maximum Gasteiger partial charge on any atom is 0.323 e. The van der Waals surface area contributed by atoms with E-state index in [0.29, 0.717) is 35.5 Å².